The molecule has 1 heterocycles. The SMILES string of the molecule is O=C(NC1CC(c2ccccc2)Oc2ccccc21)c1ccccc1. The van der Waals surface area contributed by atoms with E-state index in [-0.39, 0.29) is 18.1 Å². The van der Waals surface area contributed by atoms with Gasteiger partial charge >= 0.3 is 0 Å². The van der Waals surface area contributed by atoms with E-state index in [9.17, 15) is 4.79 Å². The predicted molar refractivity (Wildman–Crippen MR) is 97.5 cm³/mol. The minimum Gasteiger partial charge on any atom is -0.485 e. The van der Waals surface area contributed by atoms with Gasteiger partial charge in [-0.2, -0.15) is 0 Å². The quantitative estimate of drug-likeness (QED) is 0.757. The van der Waals surface area contributed by atoms with Gasteiger partial charge in [-0.15, -0.1) is 0 Å². The third kappa shape index (κ3) is 3.26. The summed E-state index contributed by atoms with van der Waals surface area (Å²) < 4.78 is 6.18. The zero-order valence-electron chi connectivity index (χ0n) is 13.8. The van der Waals surface area contributed by atoms with Crippen molar-refractivity contribution in [1.29, 1.82) is 0 Å². The maximum absolute atomic E-state index is 12.6. The average molecular weight is 329 g/mol. The third-order valence-corrected chi connectivity index (χ3v) is 4.53. The molecule has 2 unspecified atom stereocenters. The van der Waals surface area contributed by atoms with Crippen LogP contribution in [0, 0.1) is 0 Å². The van der Waals surface area contributed by atoms with Gasteiger partial charge < -0.3 is 10.1 Å². The lowest BCUT2D eigenvalue weighted by atomic mass is 9.92. The highest BCUT2D eigenvalue weighted by Gasteiger charge is 2.30. The van der Waals surface area contributed by atoms with Gasteiger partial charge in [-0.3, -0.25) is 4.79 Å². The van der Waals surface area contributed by atoms with Crippen LogP contribution in [0.2, 0.25) is 0 Å². The number of ether oxygens (including phenoxy) is 1. The number of fused-ring (bicyclic) bond motifs is 1. The van der Waals surface area contributed by atoms with Crippen LogP contribution >= 0.6 is 0 Å². The van der Waals surface area contributed by atoms with E-state index in [1.54, 1.807) is 0 Å². The summed E-state index contributed by atoms with van der Waals surface area (Å²) >= 11 is 0. The lowest BCUT2D eigenvalue weighted by Crippen LogP contribution is -2.33. The molecule has 0 saturated heterocycles. The van der Waals surface area contributed by atoms with Gasteiger partial charge in [0.15, 0.2) is 0 Å². The molecule has 3 nitrogen and oxygen atoms in total. The second kappa shape index (κ2) is 6.81. The smallest absolute Gasteiger partial charge is 0.251 e. The number of para-hydroxylation sites is 1. The molecule has 124 valence electrons. The summed E-state index contributed by atoms with van der Waals surface area (Å²) in [6.45, 7) is 0. The number of carbonyl (C=O) groups excluding carboxylic acids is 1. The van der Waals surface area contributed by atoms with E-state index in [2.05, 4.69) is 17.4 Å². The number of rotatable bonds is 3. The van der Waals surface area contributed by atoms with Crippen LogP contribution in [0.3, 0.4) is 0 Å². The largest absolute Gasteiger partial charge is 0.485 e. The summed E-state index contributed by atoms with van der Waals surface area (Å²) in [6, 6.07) is 27.3. The molecule has 3 aromatic carbocycles. The zero-order chi connectivity index (χ0) is 17.1. The van der Waals surface area contributed by atoms with Crippen molar-refractivity contribution in [2.24, 2.45) is 0 Å². The maximum atomic E-state index is 12.6. The number of benzene rings is 3. The summed E-state index contributed by atoms with van der Waals surface area (Å²) in [5, 5.41) is 3.17. The summed E-state index contributed by atoms with van der Waals surface area (Å²) in [5.41, 5.74) is 2.82. The van der Waals surface area contributed by atoms with Crippen molar-refractivity contribution in [3.8, 4) is 5.75 Å². The first-order valence-corrected chi connectivity index (χ1v) is 8.48. The molecule has 0 aromatic heterocycles. The van der Waals surface area contributed by atoms with Crippen LogP contribution in [0.15, 0.2) is 84.9 Å². The Balaban J connectivity index is 1.62. The van der Waals surface area contributed by atoms with Gasteiger partial charge in [-0.1, -0.05) is 66.7 Å². The Morgan fingerprint density at radius 3 is 2.24 bits per heavy atom. The number of amides is 1. The molecule has 1 aliphatic heterocycles. The molecule has 2 atom stereocenters. The summed E-state index contributed by atoms with van der Waals surface area (Å²) in [7, 11) is 0. The zero-order valence-corrected chi connectivity index (χ0v) is 13.8. The minimum absolute atomic E-state index is 0.0610. The summed E-state index contributed by atoms with van der Waals surface area (Å²) in [5.74, 6) is 0.773. The number of carbonyl (C=O) groups is 1. The fourth-order valence-corrected chi connectivity index (χ4v) is 3.26. The maximum Gasteiger partial charge on any atom is 0.251 e. The molecular weight excluding hydrogens is 310 g/mol. The van der Waals surface area contributed by atoms with Gasteiger partial charge in [0, 0.05) is 17.5 Å². The van der Waals surface area contributed by atoms with Gasteiger partial charge in [0.2, 0.25) is 0 Å². The molecule has 3 heteroatoms. The van der Waals surface area contributed by atoms with Gasteiger partial charge in [0.05, 0.1) is 6.04 Å². The topological polar surface area (TPSA) is 38.3 Å². The van der Waals surface area contributed by atoms with Gasteiger partial charge in [0.1, 0.15) is 11.9 Å². The lowest BCUT2D eigenvalue weighted by Gasteiger charge is -2.33. The van der Waals surface area contributed by atoms with Crippen molar-refractivity contribution in [3.05, 3.63) is 102 Å². The van der Waals surface area contributed by atoms with Crippen molar-refractivity contribution in [2.45, 2.75) is 18.6 Å². The van der Waals surface area contributed by atoms with Gasteiger partial charge in [-0.05, 0) is 23.8 Å². The summed E-state index contributed by atoms with van der Waals surface area (Å²) in [4.78, 5) is 12.6. The van der Waals surface area contributed by atoms with E-state index >= 15 is 0 Å². The molecule has 1 amide bonds. The second-order valence-corrected chi connectivity index (χ2v) is 6.18. The molecule has 25 heavy (non-hydrogen) atoms. The van der Waals surface area contributed by atoms with Crippen molar-refractivity contribution in [3.63, 3.8) is 0 Å². The first kappa shape index (κ1) is 15.5. The van der Waals surface area contributed by atoms with Crippen LogP contribution < -0.4 is 10.1 Å². The van der Waals surface area contributed by atoms with Crippen molar-refractivity contribution in [2.75, 3.05) is 0 Å². The first-order chi connectivity index (χ1) is 12.3. The van der Waals surface area contributed by atoms with Crippen LogP contribution in [-0.4, -0.2) is 5.91 Å². The van der Waals surface area contributed by atoms with E-state index in [4.69, 9.17) is 4.74 Å². The van der Waals surface area contributed by atoms with Crippen LogP contribution in [-0.2, 0) is 0 Å². The van der Waals surface area contributed by atoms with Gasteiger partial charge in [-0.25, -0.2) is 0 Å². The van der Waals surface area contributed by atoms with Crippen molar-refractivity contribution in [1.82, 2.24) is 5.32 Å². The number of nitrogens with one attached hydrogen (secondary N) is 1. The monoisotopic (exact) mass is 329 g/mol. The molecule has 0 spiro atoms. The Labute approximate surface area is 147 Å². The molecule has 3 aromatic rings. The molecule has 0 saturated carbocycles. The fraction of sp³-hybridized carbons (Fsp3) is 0.136. The normalized spacial score (nSPS) is 18.7. The number of hydrogen-bond acceptors (Lipinski definition) is 2. The highest BCUT2D eigenvalue weighted by atomic mass is 16.5. The molecule has 1 N–H and O–H groups in total. The standard InChI is InChI=1S/C22H19NO2/c24-22(17-11-5-2-6-12-17)23-19-15-21(16-9-3-1-4-10-16)25-20-14-8-7-13-18(19)20/h1-14,19,21H,15H2,(H,23,24). The highest BCUT2D eigenvalue weighted by Crippen LogP contribution is 2.40. The summed E-state index contributed by atoms with van der Waals surface area (Å²) in [6.07, 6.45) is 0.636. The molecule has 4 rings (SSSR count). The Morgan fingerprint density at radius 1 is 0.840 bits per heavy atom. The van der Waals surface area contributed by atoms with Crippen LogP contribution in [0.1, 0.15) is 40.1 Å². The predicted octanol–water partition coefficient (Wildman–Crippen LogP) is 4.68. The fourth-order valence-electron chi connectivity index (χ4n) is 3.26. The molecule has 0 fully saturated rings. The average Bonchev–Trinajstić information content (AvgIpc) is 2.69. The molecule has 0 bridgehead atoms. The highest BCUT2D eigenvalue weighted by molar-refractivity contribution is 5.94. The van der Waals surface area contributed by atoms with Crippen molar-refractivity contribution >= 4 is 5.91 Å². The Hall–Kier alpha value is -3.07. The second-order valence-electron chi connectivity index (χ2n) is 6.18. The molecule has 1 aliphatic rings. The van der Waals surface area contributed by atoms with Gasteiger partial charge in [0.25, 0.3) is 5.91 Å². The van der Waals surface area contributed by atoms with E-state index in [0.29, 0.717) is 12.0 Å². The van der Waals surface area contributed by atoms with Crippen molar-refractivity contribution < 1.29 is 9.53 Å². The van der Waals surface area contributed by atoms with Crippen LogP contribution in [0.25, 0.3) is 0 Å². The van der Waals surface area contributed by atoms with E-state index in [1.165, 1.54) is 0 Å². The van der Waals surface area contributed by atoms with Crippen LogP contribution in [0.4, 0.5) is 0 Å². The van der Waals surface area contributed by atoms with E-state index in [1.807, 2.05) is 72.8 Å². The molecule has 0 aliphatic carbocycles. The molecular formula is C22H19NO2. The Morgan fingerprint density at radius 2 is 1.48 bits per heavy atom. The Bertz CT molecular complexity index is 861. The van der Waals surface area contributed by atoms with Crippen LogP contribution in [0.5, 0.6) is 5.75 Å². The Kier molecular flexibility index (Phi) is 4.21. The van der Waals surface area contributed by atoms with E-state index < -0.39 is 0 Å². The number of hydrogen-bond donors (Lipinski definition) is 1. The lowest BCUT2D eigenvalue weighted by molar-refractivity contribution is 0.0898. The third-order valence-electron chi connectivity index (χ3n) is 4.53. The first-order valence-electron chi connectivity index (χ1n) is 8.48. The minimum atomic E-state index is -0.0807. The molecule has 0 radical (unpaired) electrons. The van der Waals surface area contributed by atoms with E-state index in [0.717, 1.165) is 16.9 Å².